The second-order valence-corrected chi connectivity index (χ2v) is 6.61. The van der Waals surface area contributed by atoms with Crippen LogP contribution in [-0.2, 0) is 32.2 Å². The third kappa shape index (κ3) is 4.17. The maximum atomic E-state index is 12.8. The molecule has 0 radical (unpaired) electrons. The van der Waals surface area contributed by atoms with Crippen LogP contribution in [0.2, 0.25) is 0 Å². The molecule has 7 nitrogen and oxygen atoms in total. The van der Waals surface area contributed by atoms with Gasteiger partial charge in [-0.25, -0.2) is 9.67 Å². The summed E-state index contributed by atoms with van der Waals surface area (Å²) in [5.41, 5.74) is -0.796. The van der Waals surface area contributed by atoms with Crippen LogP contribution in [0, 0.1) is 5.92 Å². The number of hydrogen-bond donors (Lipinski definition) is 0. The van der Waals surface area contributed by atoms with E-state index in [-0.39, 0.29) is 5.92 Å². The molecule has 3 rings (SSSR count). The molecule has 1 aliphatic rings. The van der Waals surface area contributed by atoms with Crippen molar-refractivity contribution >= 4 is 0 Å². The van der Waals surface area contributed by atoms with Crippen molar-refractivity contribution in [1.29, 1.82) is 0 Å². The first-order valence-corrected chi connectivity index (χ1v) is 8.43. The van der Waals surface area contributed by atoms with Gasteiger partial charge >= 0.3 is 6.18 Å². The molecule has 0 fully saturated rings. The molecule has 0 bridgehead atoms. The molecule has 0 saturated carbocycles. The summed E-state index contributed by atoms with van der Waals surface area (Å²) in [6.07, 6.45) is -0.897. The quantitative estimate of drug-likeness (QED) is 0.791. The molecule has 1 atom stereocenters. The second kappa shape index (κ2) is 7.11. The third-order valence-corrected chi connectivity index (χ3v) is 4.40. The fraction of sp³-hybridized carbons (Fsp3) is 0.733. The lowest BCUT2D eigenvalue weighted by molar-refractivity contribution is -0.141. The molecule has 2 aromatic rings. The molecule has 0 aliphatic carbocycles. The molecule has 138 valence electrons. The van der Waals surface area contributed by atoms with Gasteiger partial charge in [-0.05, 0) is 36.2 Å². The van der Waals surface area contributed by atoms with E-state index >= 15 is 0 Å². The van der Waals surface area contributed by atoms with Crippen LogP contribution in [0.1, 0.15) is 37.1 Å². The second-order valence-electron chi connectivity index (χ2n) is 6.61. The highest BCUT2D eigenvalue weighted by Gasteiger charge is 2.35. The van der Waals surface area contributed by atoms with Crippen LogP contribution in [0.4, 0.5) is 13.2 Å². The Morgan fingerprint density at radius 3 is 2.88 bits per heavy atom. The maximum absolute atomic E-state index is 12.8. The average molecular weight is 357 g/mol. The summed E-state index contributed by atoms with van der Waals surface area (Å²) in [6.45, 7) is 4.79. The molecule has 2 aromatic heterocycles. The number of alkyl halides is 3. The Morgan fingerprint density at radius 2 is 2.16 bits per heavy atom. The molecule has 25 heavy (non-hydrogen) atoms. The van der Waals surface area contributed by atoms with E-state index in [1.54, 1.807) is 9.25 Å². The van der Waals surface area contributed by atoms with E-state index in [1.807, 2.05) is 7.05 Å². The van der Waals surface area contributed by atoms with E-state index in [1.165, 1.54) is 0 Å². The zero-order valence-electron chi connectivity index (χ0n) is 14.4. The number of fused-ring (bicyclic) bond motifs is 1. The Kier molecular flexibility index (Phi) is 5.07. The van der Waals surface area contributed by atoms with Gasteiger partial charge in [0.2, 0.25) is 0 Å². The number of rotatable bonds is 6. The predicted molar refractivity (Wildman–Crippen MR) is 83.5 cm³/mol. The topological polar surface area (TPSA) is 64.7 Å². The summed E-state index contributed by atoms with van der Waals surface area (Å²) in [4.78, 5) is 5.84. The van der Waals surface area contributed by atoms with Gasteiger partial charge in [-0.1, -0.05) is 6.92 Å². The monoisotopic (exact) mass is 357 g/mol. The highest BCUT2D eigenvalue weighted by atomic mass is 19.4. The smallest absolute Gasteiger partial charge is 0.334 e. The van der Waals surface area contributed by atoms with Crippen LogP contribution in [0.15, 0.2) is 6.20 Å². The minimum Gasteiger partial charge on any atom is -0.334 e. The molecule has 0 saturated heterocycles. The molecule has 0 aromatic carbocycles. The van der Waals surface area contributed by atoms with Crippen molar-refractivity contribution in [3.8, 4) is 0 Å². The number of aryl methyl sites for hydroxylation is 2. The minimum atomic E-state index is -4.38. The van der Waals surface area contributed by atoms with Gasteiger partial charge in [0.1, 0.15) is 5.82 Å². The number of hydrogen-bond acceptors (Lipinski definition) is 5. The fourth-order valence-electron chi connectivity index (χ4n) is 3.27. The van der Waals surface area contributed by atoms with Crippen LogP contribution < -0.4 is 0 Å². The molecule has 3 heterocycles. The van der Waals surface area contributed by atoms with Gasteiger partial charge < -0.3 is 4.57 Å². The third-order valence-electron chi connectivity index (χ3n) is 4.40. The van der Waals surface area contributed by atoms with Crippen molar-refractivity contribution in [3.05, 3.63) is 23.5 Å². The van der Waals surface area contributed by atoms with E-state index in [0.717, 1.165) is 38.0 Å². The van der Waals surface area contributed by atoms with Gasteiger partial charge in [-0.15, -0.1) is 5.10 Å². The largest absolute Gasteiger partial charge is 0.434 e. The zero-order chi connectivity index (χ0) is 18.0. The maximum Gasteiger partial charge on any atom is 0.434 e. The number of halogens is 3. The van der Waals surface area contributed by atoms with Gasteiger partial charge in [0.05, 0.1) is 6.54 Å². The lowest BCUT2D eigenvalue weighted by atomic mass is 9.99. The molecular formula is C15H22F3N7. The Labute approximate surface area is 143 Å². The minimum absolute atomic E-state index is 0.281. The van der Waals surface area contributed by atoms with E-state index in [9.17, 15) is 13.2 Å². The van der Waals surface area contributed by atoms with Crippen molar-refractivity contribution in [3.63, 3.8) is 0 Å². The van der Waals surface area contributed by atoms with Gasteiger partial charge in [0.15, 0.2) is 11.5 Å². The van der Waals surface area contributed by atoms with E-state index in [0.29, 0.717) is 25.3 Å². The normalized spacial score (nSPS) is 17.9. The predicted octanol–water partition coefficient (Wildman–Crippen LogP) is 1.99. The lowest BCUT2D eigenvalue weighted by Crippen LogP contribution is -2.32. The first-order valence-electron chi connectivity index (χ1n) is 8.43. The van der Waals surface area contributed by atoms with Crippen molar-refractivity contribution in [2.45, 2.75) is 52.0 Å². The van der Waals surface area contributed by atoms with Crippen molar-refractivity contribution in [2.24, 2.45) is 5.92 Å². The highest BCUT2D eigenvalue weighted by Crippen LogP contribution is 2.30. The fourth-order valence-corrected chi connectivity index (χ4v) is 3.27. The number of nitrogens with zero attached hydrogens (tertiary/aromatic N) is 7. The zero-order valence-corrected chi connectivity index (χ0v) is 14.4. The summed E-state index contributed by atoms with van der Waals surface area (Å²) in [7, 11) is 1.98. The summed E-state index contributed by atoms with van der Waals surface area (Å²) >= 11 is 0. The van der Waals surface area contributed by atoms with Gasteiger partial charge in [-0.3, -0.25) is 4.90 Å². The number of imidazole rings is 1. The Hall–Kier alpha value is -1.97. The van der Waals surface area contributed by atoms with Crippen LogP contribution in [-0.4, -0.2) is 48.3 Å². The number of tetrazole rings is 1. The summed E-state index contributed by atoms with van der Waals surface area (Å²) in [5, 5.41) is 11.7. The van der Waals surface area contributed by atoms with Crippen molar-refractivity contribution in [1.82, 2.24) is 34.7 Å². The Balaban J connectivity index is 1.59. The molecule has 0 unspecified atom stereocenters. The Morgan fingerprint density at radius 1 is 1.36 bits per heavy atom. The number of aromatic nitrogens is 6. The van der Waals surface area contributed by atoms with Crippen LogP contribution in [0.3, 0.4) is 0 Å². The van der Waals surface area contributed by atoms with Crippen LogP contribution in [0.5, 0.6) is 0 Å². The average Bonchev–Trinajstić information content (AvgIpc) is 3.14. The first-order chi connectivity index (χ1) is 11.9. The van der Waals surface area contributed by atoms with Gasteiger partial charge in [0.25, 0.3) is 0 Å². The summed E-state index contributed by atoms with van der Waals surface area (Å²) in [5.74, 6) is 1.62. The summed E-state index contributed by atoms with van der Waals surface area (Å²) < 4.78 is 41.8. The molecule has 0 spiro atoms. The molecular weight excluding hydrogens is 335 g/mol. The van der Waals surface area contributed by atoms with E-state index in [4.69, 9.17) is 0 Å². The standard InChI is InChI=1S/C15H22F3N7/c1-3-6-25-14(20-21-22-25)10-23(2)7-11-4-5-13-19-12(15(16,17)18)9-24(13)8-11/h9,11H,3-8,10H2,1-2H3/t11-/m1/s1. The van der Waals surface area contributed by atoms with Crippen LogP contribution >= 0.6 is 0 Å². The lowest BCUT2D eigenvalue weighted by Gasteiger charge is -2.27. The van der Waals surface area contributed by atoms with E-state index < -0.39 is 11.9 Å². The van der Waals surface area contributed by atoms with Gasteiger partial charge in [-0.2, -0.15) is 13.2 Å². The Bertz CT molecular complexity index is 706. The molecule has 0 amide bonds. The van der Waals surface area contributed by atoms with Gasteiger partial charge in [0, 0.05) is 32.3 Å². The SMILES string of the molecule is CCCn1nnnc1CN(C)C[C@H]1CCc2nc(C(F)(F)F)cn2C1. The molecule has 10 heteroatoms. The van der Waals surface area contributed by atoms with E-state index in [2.05, 4.69) is 32.3 Å². The highest BCUT2D eigenvalue weighted by molar-refractivity contribution is 5.09. The molecule has 0 N–H and O–H groups in total. The summed E-state index contributed by atoms with van der Waals surface area (Å²) in [6, 6.07) is 0. The van der Waals surface area contributed by atoms with Crippen molar-refractivity contribution in [2.75, 3.05) is 13.6 Å². The molecule has 1 aliphatic heterocycles. The first kappa shape index (κ1) is 17.8. The van der Waals surface area contributed by atoms with Crippen LogP contribution in [0.25, 0.3) is 0 Å². The van der Waals surface area contributed by atoms with Crippen molar-refractivity contribution < 1.29 is 13.2 Å².